The van der Waals surface area contributed by atoms with E-state index < -0.39 is 17.7 Å². The number of carbonyl (C=O) groups excluding carboxylic acids is 2. The van der Waals surface area contributed by atoms with Gasteiger partial charge in [0, 0.05) is 11.3 Å². The first-order valence-electron chi connectivity index (χ1n) is 9.98. The highest BCUT2D eigenvalue weighted by Gasteiger charge is 2.47. The number of hydrogen-bond donors (Lipinski definition) is 1. The molecule has 1 aromatic heterocycles. The van der Waals surface area contributed by atoms with Gasteiger partial charge in [0.25, 0.3) is 5.78 Å². The topological polar surface area (TPSA) is 89.0 Å². The number of amides is 1. The van der Waals surface area contributed by atoms with E-state index in [1.807, 2.05) is 0 Å². The molecule has 1 amide bonds. The summed E-state index contributed by atoms with van der Waals surface area (Å²) in [6, 6.07) is 18.1. The maximum atomic E-state index is 13.2. The Morgan fingerprint density at radius 1 is 0.938 bits per heavy atom. The first kappa shape index (κ1) is 21.1. The van der Waals surface area contributed by atoms with Gasteiger partial charge in [0.2, 0.25) is 0 Å². The molecule has 7 heteroatoms. The number of aliphatic hydroxyl groups excluding tert-OH is 1. The van der Waals surface area contributed by atoms with Crippen LogP contribution >= 0.6 is 0 Å². The van der Waals surface area contributed by atoms with Gasteiger partial charge in [0.05, 0.1) is 25.8 Å². The van der Waals surface area contributed by atoms with Crippen LogP contribution in [-0.2, 0) is 9.59 Å². The summed E-state index contributed by atoms with van der Waals surface area (Å²) in [6.07, 6.45) is 0. The molecule has 1 aliphatic heterocycles. The average Bonchev–Trinajstić information content (AvgIpc) is 3.09. The van der Waals surface area contributed by atoms with Crippen LogP contribution < -0.4 is 14.4 Å². The van der Waals surface area contributed by atoms with Crippen LogP contribution in [0.25, 0.3) is 5.76 Å². The molecule has 0 saturated carbocycles. The number of benzene rings is 2. The van der Waals surface area contributed by atoms with Crippen molar-refractivity contribution in [3.05, 3.63) is 89.1 Å². The molecule has 32 heavy (non-hydrogen) atoms. The number of Topliss-reactive ketones (excluding diaryl/α,β-unsaturated/α-hetero) is 1. The van der Waals surface area contributed by atoms with Gasteiger partial charge in [-0.3, -0.25) is 14.5 Å². The monoisotopic (exact) mass is 430 g/mol. The molecule has 1 aliphatic rings. The lowest BCUT2D eigenvalue weighted by Gasteiger charge is -2.25. The number of anilines is 1. The number of ether oxygens (including phenoxy) is 2. The van der Waals surface area contributed by atoms with E-state index in [9.17, 15) is 14.7 Å². The molecule has 162 valence electrons. The van der Waals surface area contributed by atoms with Crippen molar-refractivity contribution in [3.8, 4) is 11.5 Å². The first-order valence-corrected chi connectivity index (χ1v) is 9.98. The van der Waals surface area contributed by atoms with E-state index in [0.717, 1.165) is 0 Å². The number of rotatable bonds is 5. The molecular formula is C25H22N2O5. The van der Waals surface area contributed by atoms with E-state index in [2.05, 4.69) is 4.98 Å². The summed E-state index contributed by atoms with van der Waals surface area (Å²) in [5.74, 6) is -0.537. The zero-order valence-electron chi connectivity index (χ0n) is 17.9. The molecule has 1 saturated heterocycles. The SMILES string of the molecule is COc1ccc([C@H]2C(=C(O)c3ccccc3)C(=O)C(=O)N2c2cccc(C)n2)cc1OC. The molecule has 0 bridgehead atoms. The van der Waals surface area contributed by atoms with Gasteiger partial charge in [-0.15, -0.1) is 0 Å². The third kappa shape index (κ3) is 3.58. The highest BCUT2D eigenvalue weighted by Crippen LogP contribution is 2.43. The second-order valence-electron chi connectivity index (χ2n) is 7.29. The van der Waals surface area contributed by atoms with Crippen molar-refractivity contribution in [2.75, 3.05) is 19.1 Å². The standard InChI is InChI=1S/C25H22N2O5/c1-15-8-7-11-20(26-15)27-22(17-12-13-18(31-2)19(14-17)32-3)21(24(29)25(27)30)23(28)16-9-5-4-6-10-16/h4-14,22,28H,1-3H3/t22-/m0/s1. The molecule has 2 aromatic carbocycles. The quantitative estimate of drug-likeness (QED) is 0.373. The van der Waals surface area contributed by atoms with E-state index >= 15 is 0 Å². The average molecular weight is 430 g/mol. The molecule has 3 aromatic rings. The van der Waals surface area contributed by atoms with E-state index in [1.54, 1.807) is 73.7 Å². The van der Waals surface area contributed by atoms with Gasteiger partial charge in [0.15, 0.2) is 11.5 Å². The van der Waals surface area contributed by atoms with E-state index in [1.165, 1.54) is 19.1 Å². The first-order chi connectivity index (χ1) is 15.5. The van der Waals surface area contributed by atoms with Gasteiger partial charge in [0.1, 0.15) is 11.6 Å². The Balaban J connectivity index is 1.97. The molecule has 1 N–H and O–H groups in total. The zero-order valence-corrected chi connectivity index (χ0v) is 17.9. The number of hydrogen-bond acceptors (Lipinski definition) is 6. The number of carbonyl (C=O) groups is 2. The molecule has 0 unspecified atom stereocenters. The van der Waals surface area contributed by atoms with Crippen molar-refractivity contribution >= 4 is 23.3 Å². The van der Waals surface area contributed by atoms with Crippen LogP contribution in [0, 0.1) is 6.92 Å². The predicted molar refractivity (Wildman–Crippen MR) is 120 cm³/mol. The third-order valence-corrected chi connectivity index (χ3v) is 5.34. The van der Waals surface area contributed by atoms with Crippen molar-refractivity contribution in [3.63, 3.8) is 0 Å². The van der Waals surface area contributed by atoms with E-state index in [-0.39, 0.29) is 11.3 Å². The van der Waals surface area contributed by atoms with Crippen molar-refractivity contribution in [1.29, 1.82) is 0 Å². The zero-order chi connectivity index (χ0) is 22.8. The number of pyridine rings is 1. The Bertz CT molecular complexity index is 1220. The van der Waals surface area contributed by atoms with Crippen molar-refractivity contribution < 1.29 is 24.2 Å². The van der Waals surface area contributed by atoms with E-state index in [0.29, 0.717) is 34.1 Å². The highest BCUT2D eigenvalue weighted by atomic mass is 16.5. The summed E-state index contributed by atoms with van der Waals surface area (Å²) in [6.45, 7) is 1.80. The Morgan fingerprint density at radius 2 is 1.66 bits per heavy atom. The van der Waals surface area contributed by atoms with Gasteiger partial charge < -0.3 is 14.6 Å². The van der Waals surface area contributed by atoms with Crippen LogP contribution in [-0.4, -0.2) is 36.0 Å². The van der Waals surface area contributed by atoms with Crippen LogP contribution in [0.2, 0.25) is 0 Å². The smallest absolute Gasteiger partial charge is 0.301 e. The fraction of sp³-hybridized carbons (Fsp3) is 0.160. The number of methoxy groups -OCH3 is 2. The minimum absolute atomic E-state index is 0.0169. The predicted octanol–water partition coefficient (Wildman–Crippen LogP) is 4.03. The minimum atomic E-state index is -0.899. The van der Waals surface area contributed by atoms with Gasteiger partial charge in [-0.1, -0.05) is 42.5 Å². The lowest BCUT2D eigenvalue weighted by molar-refractivity contribution is -0.132. The van der Waals surface area contributed by atoms with Gasteiger partial charge in [-0.2, -0.15) is 0 Å². The molecule has 0 aliphatic carbocycles. The fourth-order valence-electron chi connectivity index (χ4n) is 3.82. The van der Waals surface area contributed by atoms with Crippen LogP contribution in [0.15, 0.2) is 72.3 Å². The lowest BCUT2D eigenvalue weighted by atomic mass is 9.95. The van der Waals surface area contributed by atoms with Gasteiger partial charge in [-0.05, 0) is 36.8 Å². The maximum Gasteiger partial charge on any atom is 0.301 e. The number of ketones is 1. The number of aryl methyl sites for hydroxylation is 1. The fourth-order valence-corrected chi connectivity index (χ4v) is 3.82. The molecule has 4 rings (SSSR count). The van der Waals surface area contributed by atoms with Gasteiger partial charge >= 0.3 is 5.91 Å². The molecular weight excluding hydrogens is 408 g/mol. The summed E-state index contributed by atoms with van der Waals surface area (Å²) in [5, 5.41) is 11.1. The van der Waals surface area contributed by atoms with Crippen molar-refractivity contribution in [2.24, 2.45) is 0 Å². The van der Waals surface area contributed by atoms with Crippen LogP contribution in [0.3, 0.4) is 0 Å². The number of nitrogens with zero attached hydrogens (tertiary/aromatic N) is 2. The molecule has 1 atom stereocenters. The molecule has 7 nitrogen and oxygen atoms in total. The summed E-state index contributed by atoms with van der Waals surface area (Å²) >= 11 is 0. The summed E-state index contributed by atoms with van der Waals surface area (Å²) in [4.78, 5) is 32.1. The molecule has 0 spiro atoms. The summed E-state index contributed by atoms with van der Waals surface area (Å²) in [5.41, 5.74) is 1.69. The Labute approximate surface area is 185 Å². The summed E-state index contributed by atoms with van der Waals surface area (Å²) < 4.78 is 10.7. The maximum absolute atomic E-state index is 13.2. The molecule has 2 heterocycles. The van der Waals surface area contributed by atoms with Crippen LogP contribution in [0.5, 0.6) is 11.5 Å². The largest absolute Gasteiger partial charge is 0.507 e. The van der Waals surface area contributed by atoms with E-state index in [4.69, 9.17) is 9.47 Å². The second kappa shape index (κ2) is 8.55. The normalized spacial score (nSPS) is 17.5. The lowest BCUT2D eigenvalue weighted by Crippen LogP contribution is -2.30. The highest BCUT2D eigenvalue weighted by molar-refractivity contribution is 6.51. The Kier molecular flexibility index (Phi) is 5.64. The van der Waals surface area contributed by atoms with Crippen molar-refractivity contribution in [1.82, 2.24) is 4.98 Å². The summed E-state index contributed by atoms with van der Waals surface area (Å²) in [7, 11) is 3.03. The van der Waals surface area contributed by atoms with Crippen LogP contribution in [0.1, 0.15) is 22.9 Å². The third-order valence-electron chi connectivity index (χ3n) is 5.34. The van der Waals surface area contributed by atoms with Crippen molar-refractivity contribution in [2.45, 2.75) is 13.0 Å². The second-order valence-corrected chi connectivity index (χ2v) is 7.29. The molecule has 1 fully saturated rings. The molecule has 0 radical (unpaired) electrons. The van der Waals surface area contributed by atoms with Gasteiger partial charge in [-0.25, -0.2) is 4.98 Å². The number of aromatic nitrogens is 1. The minimum Gasteiger partial charge on any atom is -0.507 e. The number of aliphatic hydroxyl groups is 1. The van der Waals surface area contributed by atoms with Crippen LogP contribution in [0.4, 0.5) is 5.82 Å². The Hall–Kier alpha value is -4.13. The Morgan fingerprint density at radius 3 is 2.31 bits per heavy atom.